The van der Waals surface area contributed by atoms with Crippen LogP contribution in [-0.2, 0) is 6.54 Å². The molecule has 8 nitrogen and oxygen atoms in total. The van der Waals surface area contributed by atoms with Gasteiger partial charge in [-0.15, -0.1) is 0 Å². The molecule has 0 saturated heterocycles. The first-order chi connectivity index (χ1) is 16.9. The van der Waals surface area contributed by atoms with E-state index in [4.69, 9.17) is 15.2 Å². The number of carbonyl (C=O) groups is 1. The van der Waals surface area contributed by atoms with Gasteiger partial charge in [0.25, 0.3) is 17.2 Å². The van der Waals surface area contributed by atoms with E-state index in [-0.39, 0.29) is 17.2 Å². The molecule has 0 aliphatic heterocycles. The second-order valence-corrected chi connectivity index (χ2v) is 8.73. The van der Waals surface area contributed by atoms with Crippen LogP contribution in [-0.4, -0.2) is 38.6 Å². The van der Waals surface area contributed by atoms with Crippen LogP contribution in [0.4, 0.5) is 0 Å². The lowest BCUT2D eigenvalue weighted by Gasteiger charge is -2.32. The van der Waals surface area contributed by atoms with E-state index in [9.17, 15) is 9.59 Å². The molecule has 8 heteroatoms. The standard InChI is InChI=1S/C27H31N5O3/c1-4-22(31(16-8-15-28)26(33)21-13-11-18(2)12-14-21)24-29-25-23(19(3)30-35-25)27(34)32(24)17-20-9-6-5-7-10-20/h5-7,9-14,22H,4,8,15-17,28H2,1-3H3. The van der Waals surface area contributed by atoms with Crippen molar-refractivity contribution < 1.29 is 9.32 Å². The van der Waals surface area contributed by atoms with Crippen LogP contribution in [0.15, 0.2) is 63.9 Å². The van der Waals surface area contributed by atoms with E-state index in [2.05, 4.69) is 5.16 Å². The monoisotopic (exact) mass is 473 g/mol. The van der Waals surface area contributed by atoms with E-state index in [1.165, 1.54) is 0 Å². The second kappa shape index (κ2) is 10.7. The van der Waals surface area contributed by atoms with Gasteiger partial charge in [0.1, 0.15) is 11.2 Å². The molecule has 4 rings (SSSR count). The molecule has 182 valence electrons. The largest absolute Gasteiger partial charge is 0.335 e. The van der Waals surface area contributed by atoms with Crippen molar-refractivity contribution in [2.45, 2.75) is 46.2 Å². The summed E-state index contributed by atoms with van der Waals surface area (Å²) < 4.78 is 7.04. The van der Waals surface area contributed by atoms with Gasteiger partial charge in [-0.1, -0.05) is 60.1 Å². The number of fused-ring (bicyclic) bond motifs is 1. The maximum absolute atomic E-state index is 13.7. The molecule has 0 fully saturated rings. The van der Waals surface area contributed by atoms with Crippen molar-refractivity contribution in [1.82, 2.24) is 19.6 Å². The van der Waals surface area contributed by atoms with Gasteiger partial charge in [0, 0.05) is 12.1 Å². The number of benzene rings is 2. The van der Waals surface area contributed by atoms with Gasteiger partial charge in [0.05, 0.1) is 18.3 Å². The number of aryl methyl sites for hydroxylation is 2. The smallest absolute Gasteiger partial charge is 0.267 e. The quantitative estimate of drug-likeness (QED) is 0.394. The van der Waals surface area contributed by atoms with E-state index in [0.717, 1.165) is 11.1 Å². The van der Waals surface area contributed by atoms with E-state index >= 15 is 0 Å². The first-order valence-corrected chi connectivity index (χ1v) is 11.9. The molecule has 1 atom stereocenters. The Hall–Kier alpha value is -3.78. The van der Waals surface area contributed by atoms with Gasteiger partial charge in [-0.25, -0.2) is 0 Å². The molecule has 1 unspecified atom stereocenters. The van der Waals surface area contributed by atoms with Crippen molar-refractivity contribution in [3.63, 3.8) is 0 Å². The number of hydrogen-bond acceptors (Lipinski definition) is 6. The van der Waals surface area contributed by atoms with Crippen LogP contribution in [0.1, 0.15) is 58.8 Å². The summed E-state index contributed by atoms with van der Waals surface area (Å²) in [6, 6.07) is 16.8. The molecule has 35 heavy (non-hydrogen) atoms. The molecule has 2 aromatic carbocycles. The van der Waals surface area contributed by atoms with Crippen LogP contribution >= 0.6 is 0 Å². The van der Waals surface area contributed by atoms with Crippen molar-refractivity contribution in [2.75, 3.05) is 13.1 Å². The molecule has 0 saturated carbocycles. The maximum Gasteiger partial charge on any atom is 0.267 e. The minimum Gasteiger partial charge on any atom is -0.335 e. The molecule has 2 aromatic heterocycles. The zero-order valence-electron chi connectivity index (χ0n) is 20.4. The highest BCUT2D eigenvalue weighted by Gasteiger charge is 2.30. The minimum atomic E-state index is -0.457. The van der Waals surface area contributed by atoms with Gasteiger partial charge in [0.15, 0.2) is 0 Å². The van der Waals surface area contributed by atoms with Crippen LogP contribution in [0.5, 0.6) is 0 Å². The summed E-state index contributed by atoms with van der Waals surface area (Å²) in [5, 5.41) is 4.33. The van der Waals surface area contributed by atoms with Crippen molar-refractivity contribution in [1.29, 1.82) is 0 Å². The van der Waals surface area contributed by atoms with E-state index in [1.54, 1.807) is 16.4 Å². The summed E-state index contributed by atoms with van der Waals surface area (Å²) in [5.41, 5.74) is 8.89. The second-order valence-electron chi connectivity index (χ2n) is 8.73. The normalized spacial score (nSPS) is 12.1. The third kappa shape index (κ3) is 5.02. The lowest BCUT2D eigenvalue weighted by atomic mass is 10.1. The van der Waals surface area contributed by atoms with Gasteiger partial charge in [-0.2, -0.15) is 4.98 Å². The predicted molar refractivity (Wildman–Crippen MR) is 135 cm³/mol. The zero-order chi connectivity index (χ0) is 24.9. The number of rotatable bonds is 9. The Kier molecular flexibility index (Phi) is 7.41. The Bertz CT molecular complexity index is 1360. The van der Waals surface area contributed by atoms with Crippen molar-refractivity contribution in [3.05, 3.63) is 93.2 Å². The Morgan fingerprint density at radius 2 is 1.83 bits per heavy atom. The van der Waals surface area contributed by atoms with Crippen LogP contribution < -0.4 is 11.3 Å². The summed E-state index contributed by atoms with van der Waals surface area (Å²) >= 11 is 0. The fourth-order valence-corrected chi connectivity index (χ4v) is 4.32. The van der Waals surface area contributed by atoms with E-state index in [0.29, 0.717) is 54.9 Å². The molecule has 2 heterocycles. The SMILES string of the molecule is CCC(c1nc2onc(C)c2c(=O)n1Cc1ccccc1)N(CCCN)C(=O)c1ccc(C)cc1. The molecule has 0 aliphatic carbocycles. The molecular weight excluding hydrogens is 442 g/mol. The minimum absolute atomic E-state index is 0.125. The number of amides is 1. The van der Waals surface area contributed by atoms with Crippen molar-refractivity contribution >= 4 is 17.0 Å². The van der Waals surface area contributed by atoms with Gasteiger partial charge in [-0.3, -0.25) is 14.2 Å². The van der Waals surface area contributed by atoms with Gasteiger partial charge in [-0.05, 0) is 50.9 Å². The summed E-state index contributed by atoms with van der Waals surface area (Å²) in [4.78, 5) is 33.9. The molecule has 0 radical (unpaired) electrons. The average molecular weight is 474 g/mol. The van der Waals surface area contributed by atoms with Gasteiger partial charge in [0.2, 0.25) is 0 Å². The Morgan fingerprint density at radius 1 is 1.11 bits per heavy atom. The third-order valence-electron chi connectivity index (χ3n) is 6.20. The van der Waals surface area contributed by atoms with Crippen LogP contribution in [0.3, 0.4) is 0 Å². The lowest BCUT2D eigenvalue weighted by Crippen LogP contribution is -2.40. The first-order valence-electron chi connectivity index (χ1n) is 11.9. The number of nitrogens with two attached hydrogens (primary N) is 1. The predicted octanol–water partition coefficient (Wildman–Crippen LogP) is 3.99. The average Bonchev–Trinajstić information content (AvgIpc) is 3.25. The summed E-state index contributed by atoms with van der Waals surface area (Å²) in [6.07, 6.45) is 1.18. The number of nitrogens with zero attached hydrogens (tertiary/aromatic N) is 4. The fourth-order valence-electron chi connectivity index (χ4n) is 4.32. The molecule has 0 bridgehead atoms. The Balaban J connectivity index is 1.86. The lowest BCUT2D eigenvalue weighted by molar-refractivity contribution is 0.0655. The van der Waals surface area contributed by atoms with Crippen LogP contribution in [0.2, 0.25) is 0 Å². The summed E-state index contributed by atoms with van der Waals surface area (Å²) in [7, 11) is 0. The molecule has 0 spiro atoms. The number of hydrogen-bond donors (Lipinski definition) is 1. The highest BCUT2D eigenvalue weighted by molar-refractivity contribution is 5.94. The third-order valence-corrected chi connectivity index (χ3v) is 6.20. The van der Waals surface area contributed by atoms with Gasteiger partial charge < -0.3 is 15.2 Å². The molecule has 2 N–H and O–H groups in total. The number of aromatic nitrogens is 3. The topological polar surface area (TPSA) is 107 Å². The van der Waals surface area contributed by atoms with E-state index in [1.807, 2.05) is 68.4 Å². The molecule has 1 amide bonds. The maximum atomic E-state index is 13.7. The molecule has 4 aromatic rings. The van der Waals surface area contributed by atoms with Crippen molar-refractivity contribution in [3.8, 4) is 0 Å². The molecule has 0 aliphatic rings. The number of carbonyl (C=O) groups excluding carboxylic acids is 1. The highest BCUT2D eigenvalue weighted by Crippen LogP contribution is 2.27. The Morgan fingerprint density at radius 3 is 2.49 bits per heavy atom. The zero-order valence-corrected chi connectivity index (χ0v) is 20.4. The first kappa shape index (κ1) is 24.3. The molecular formula is C27H31N5O3. The van der Waals surface area contributed by atoms with Crippen LogP contribution in [0, 0.1) is 13.8 Å². The fraction of sp³-hybridized carbons (Fsp3) is 0.333. The van der Waals surface area contributed by atoms with E-state index < -0.39 is 6.04 Å². The van der Waals surface area contributed by atoms with Crippen LogP contribution in [0.25, 0.3) is 11.1 Å². The highest BCUT2D eigenvalue weighted by atomic mass is 16.5. The van der Waals surface area contributed by atoms with Crippen molar-refractivity contribution in [2.24, 2.45) is 5.73 Å². The Labute approximate surface area is 204 Å². The van der Waals surface area contributed by atoms with Gasteiger partial charge >= 0.3 is 0 Å². The summed E-state index contributed by atoms with van der Waals surface area (Å²) in [6.45, 7) is 6.90. The summed E-state index contributed by atoms with van der Waals surface area (Å²) in [5.74, 6) is 0.349.